The smallest absolute Gasteiger partial charge is 0.256 e. The molecule has 1 heterocycles. The van der Waals surface area contributed by atoms with Crippen molar-refractivity contribution >= 4 is 45.8 Å². The molecule has 3 rings (SSSR count). The van der Waals surface area contributed by atoms with E-state index in [1.165, 1.54) is 0 Å². The van der Waals surface area contributed by atoms with E-state index in [1.54, 1.807) is 6.07 Å². The number of anilines is 2. The topological polar surface area (TPSA) is 58.6 Å². The van der Waals surface area contributed by atoms with Gasteiger partial charge in [-0.1, -0.05) is 26.0 Å². The lowest BCUT2D eigenvalue weighted by Gasteiger charge is -2.28. The molecule has 0 unspecified atom stereocenters. The van der Waals surface area contributed by atoms with Crippen LogP contribution in [-0.2, 0) is 4.79 Å². The molecule has 0 saturated heterocycles. The molecule has 0 atom stereocenters. The normalized spacial score (nSPS) is 15.5. The van der Waals surface area contributed by atoms with Gasteiger partial charge in [0, 0.05) is 15.8 Å². The monoisotopic (exact) mass is 506 g/mol. The molecule has 5 nitrogen and oxygen atoms in total. The summed E-state index contributed by atoms with van der Waals surface area (Å²) in [5.41, 5.74) is 1.36. The molecule has 1 N–H and O–H groups in total. The van der Waals surface area contributed by atoms with Crippen molar-refractivity contribution in [2.24, 2.45) is 11.3 Å². The highest BCUT2D eigenvalue weighted by Crippen LogP contribution is 2.38. The Morgan fingerprint density at radius 2 is 1.97 bits per heavy atom. The number of carbonyl (C=O) groups excluding carboxylic acids is 2. The van der Waals surface area contributed by atoms with Gasteiger partial charge < -0.3 is 15.0 Å². The summed E-state index contributed by atoms with van der Waals surface area (Å²) in [6.07, 6.45) is 0.889. The zero-order valence-corrected chi connectivity index (χ0v) is 19.4. The fraction of sp³-hybridized carbons (Fsp3) is 0.391. The van der Waals surface area contributed by atoms with Crippen molar-refractivity contribution < 1.29 is 14.3 Å². The van der Waals surface area contributed by atoms with E-state index in [1.807, 2.05) is 55.1 Å². The molecular formula is C23H27IN2O3. The van der Waals surface area contributed by atoms with E-state index in [0.717, 1.165) is 9.99 Å². The van der Waals surface area contributed by atoms with Crippen molar-refractivity contribution in [1.29, 1.82) is 0 Å². The highest BCUT2D eigenvalue weighted by atomic mass is 127. The molecule has 0 aliphatic carbocycles. The summed E-state index contributed by atoms with van der Waals surface area (Å²) in [5.74, 6) is 1.00. The van der Waals surface area contributed by atoms with Crippen LogP contribution >= 0.6 is 22.6 Å². The van der Waals surface area contributed by atoms with Gasteiger partial charge in [-0.05, 0) is 79.1 Å². The van der Waals surface area contributed by atoms with Crippen molar-refractivity contribution in [2.75, 3.05) is 23.4 Å². The number of hydrogen-bond donors (Lipinski definition) is 1. The van der Waals surface area contributed by atoms with Crippen LogP contribution in [0.1, 0.15) is 44.5 Å². The second-order valence-electron chi connectivity index (χ2n) is 8.43. The van der Waals surface area contributed by atoms with Crippen LogP contribution in [0.3, 0.4) is 0 Å². The van der Waals surface area contributed by atoms with Crippen molar-refractivity contribution in [3.63, 3.8) is 0 Å². The van der Waals surface area contributed by atoms with E-state index in [0.29, 0.717) is 41.8 Å². The first-order valence-corrected chi connectivity index (χ1v) is 10.9. The molecule has 0 radical (unpaired) electrons. The standard InChI is InChI=1S/C23H27IN2O3/c1-15(2)11-12-26-19-13-16(25-21(27)17-7-5-6-8-18(17)24)9-10-20(19)29-14-23(3,4)22(26)28/h5-10,13,15H,11-12,14H2,1-4H3,(H,25,27). The fourth-order valence-electron chi connectivity index (χ4n) is 3.18. The summed E-state index contributed by atoms with van der Waals surface area (Å²) >= 11 is 2.15. The minimum Gasteiger partial charge on any atom is -0.490 e. The number of halogens is 1. The lowest BCUT2D eigenvalue weighted by Crippen LogP contribution is -2.42. The van der Waals surface area contributed by atoms with Gasteiger partial charge in [-0.2, -0.15) is 0 Å². The Kier molecular flexibility index (Phi) is 6.51. The molecule has 0 bridgehead atoms. The maximum Gasteiger partial charge on any atom is 0.256 e. The summed E-state index contributed by atoms with van der Waals surface area (Å²) < 4.78 is 6.84. The Bertz CT molecular complexity index is 924. The average Bonchev–Trinajstić information content (AvgIpc) is 2.75. The van der Waals surface area contributed by atoms with E-state index >= 15 is 0 Å². The quantitative estimate of drug-likeness (QED) is 0.557. The third-order valence-electron chi connectivity index (χ3n) is 4.97. The number of benzene rings is 2. The second-order valence-corrected chi connectivity index (χ2v) is 9.59. The molecule has 1 aliphatic rings. The van der Waals surface area contributed by atoms with Crippen molar-refractivity contribution in [3.05, 3.63) is 51.6 Å². The Labute approximate surface area is 186 Å². The van der Waals surface area contributed by atoms with Gasteiger partial charge in [0.15, 0.2) is 0 Å². The van der Waals surface area contributed by atoms with Crippen LogP contribution in [0.25, 0.3) is 0 Å². The maximum atomic E-state index is 13.2. The van der Waals surface area contributed by atoms with Crippen LogP contribution in [0.4, 0.5) is 11.4 Å². The van der Waals surface area contributed by atoms with E-state index in [2.05, 4.69) is 41.8 Å². The minimum absolute atomic E-state index is 0.0398. The number of nitrogens with zero attached hydrogens (tertiary/aromatic N) is 1. The van der Waals surface area contributed by atoms with Crippen molar-refractivity contribution in [2.45, 2.75) is 34.1 Å². The molecule has 0 aromatic heterocycles. The molecule has 29 heavy (non-hydrogen) atoms. The van der Waals surface area contributed by atoms with Crippen LogP contribution in [-0.4, -0.2) is 25.0 Å². The summed E-state index contributed by atoms with van der Waals surface area (Å²) in [6.45, 7) is 9.04. The van der Waals surface area contributed by atoms with Gasteiger partial charge in [0.1, 0.15) is 12.4 Å². The van der Waals surface area contributed by atoms with Crippen LogP contribution in [0, 0.1) is 14.9 Å². The van der Waals surface area contributed by atoms with E-state index < -0.39 is 5.41 Å². The third-order valence-corrected chi connectivity index (χ3v) is 5.91. The third kappa shape index (κ3) is 4.91. The molecule has 0 saturated carbocycles. The lowest BCUT2D eigenvalue weighted by molar-refractivity contribution is -0.127. The van der Waals surface area contributed by atoms with E-state index in [-0.39, 0.29) is 11.8 Å². The predicted octanol–water partition coefficient (Wildman–Crippen LogP) is 5.34. The molecule has 1 aliphatic heterocycles. The molecule has 2 aromatic rings. The molecular weight excluding hydrogens is 479 g/mol. The highest BCUT2D eigenvalue weighted by molar-refractivity contribution is 14.1. The molecule has 0 spiro atoms. The Hall–Kier alpha value is -2.09. The Balaban J connectivity index is 1.93. The summed E-state index contributed by atoms with van der Waals surface area (Å²) in [4.78, 5) is 27.7. The van der Waals surface area contributed by atoms with Gasteiger partial charge in [-0.3, -0.25) is 9.59 Å². The Morgan fingerprint density at radius 3 is 2.66 bits per heavy atom. The van der Waals surface area contributed by atoms with Crippen molar-refractivity contribution in [1.82, 2.24) is 0 Å². The molecule has 6 heteroatoms. The summed E-state index contributed by atoms with van der Waals surface area (Å²) in [7, 11) is 0. The fourth-order valence-corrected chi connectivity index (χ4v) is 3.81. The number of amides is 2. The largest absolute Gasteiger partial charge is 0.490 e. The first-order valence-electron chi connectivity index (χ1n) is 9.84. The first-order chi connectivity index (χ1) is 13.7. The van der Waals surface area contributed by atoms with Crippen LogP contribution < -0.4 is 15.0 Å². The SMILES string of the molecule is CC(C)CCN1C(=O)C(C)(C)COc2ccc(NC(=O)c3ccccc3I)cc21. The number of rotatable bonds is 5. The molecule has 0 fully saturated rings. The van der Waals surface area contributed by atoms with Crippen LogP contribution in [0.15, 0.2) is 42.5 Å². The van der Waals surface area contributed by atoms with E-state index in [9.17, 15) is 9.59 Å². The van der Waals surface area contributed by atoms with Crippen LogP contribution in [0.2, 0.25) is 0 Å². The van der Waals surface area contributed by atoms with Crippen LogP contribution in [0.5, 0.6) is 5.75 Å². The minimum atomic E-state index is -0.612. The van der Waals surface area contributed by atoms with Gasteiger partial charge in [-0.15, -0.1) is 0 Å². The molecule has 2 amide bonds. The Morgan fingerprint density at radius 1 is 1.24 bits per heavy atom. The van der Waals surface area contributed by atoms with Crippen molar-refractivity contribution in [3.8, 4) is 5.75 Å². The second kappa shape index (κ2) is 8.73. The number of carbonyl (C=O) groups is 2. The molecule has 2 aromatic carbocycles. The van der Waals surface area contributed by atoms with Gasteiger partial charge in [-0.25, -0.2) is 0 Å². The predicted molar refractivity (Wildman–Crippen MR) is 125 cm³/mol. The highest BCUT2D eigenvalue weighted by Gasteiger charge is 2.37. The van der Waals surface area contributed by atoms with Gasteiger partial charge in [0.2, 0.25) is 5.91 Å². The number of fused-ring (bicyclic) bond motifs is 1. The van der Waals surface area contributed by atoms with Gasteiger partial charge in [0.25, 0.3) is 5.91 Å². The summed E-state index contributed by atoms with van der Waals surface area (Å²) in [6, 6.07) is 12.9. The molecule has 154 valence electrons. The number of ether oxygens (including phenoxy) is 1. The first kappa shape index (κ1) is 21.6. The van der Waals surface area contributed by atoms with Gasteiger partial charge >= 0.3 is 0 Å². The number of hydrogen-bond acceptors (Lipinski definition) is 3. The zero-order chi connectivity index (χ0) is 21.2. The average molecular weight is 506 g/mol. The lowest BCUT2D eigenvalue weighted by atomic mass is 9.92. The summed E-state index contributed by atoms with van der Waals surface area (Å²) in [5, 5.41) is 2.95. The zero-order valence-electron chi connectivity index (χ0n) is 17.3. The number of nitrogens with one attached hydrogen (secondary N) is 1. The maximum absolute atomic E-state index is 13.2. The van der Waals surface area contributed by atoms with E-state index in [4.69, 9.17) is 4.74 Å². The van der Waals surface area contributed by atoms with Gasteiger partial charge in [0.05, 0.1) is 16.7 Å².